The van der Waals surface area contributed by atoms with Crippen LogP contribution in [0.2, 0.25) is 5.02 Å². The summed E-state index contributed by atoms with van der Waals surface area (Å²) >= 11 is 5.88. The van der Waals surface area contributed by atoms with Crippen molar-refractivity contribution in [2.75, 3.05) is 0 Å². The van der Waals surface area contributed by atoms with Crippen molar-refractivity contribution in [2.45, 2.75) is 31.6 Å². The van der Waals surface area contributed by atoms with Crippen molar-refractivity contribution in [1.29, 1.82) is 0 Å². The molecule has 1 aliphatic carbocycles. The molecule has 8 heteroatoms. The number of pyridine rings is 1. The van der Waals surface area contributed by atoms with Gasteiger partial charge in [0.2, 0.25) is 5.91 Å². The molecule has 138 valence electrons. The Morgan fingerprint density at radius 2 is 1.88 bits per heavy atom. The molecule has 0 aliphatic heterocycles. The van der Waals surface area contributed by atoms with Crippen LogP contribution < -0.4 is 10.9 Å². The van der Waals surface area contributed by atoms with Crippen LogP contribution in [0.25, 0.3) is 0 Å². The van der Waals surface area contributed by atoms with E-state index in [4.69, 9.17) is 11.6 Å². The molecule has 1 N–H and O–H groups in total. The van der Waals surface area contributed by atoms with Crippen molar-refractivity contribution in [1.82, 2.24) is 9.88 Å². The molecule has 1 aromatic heterocycles. The third-order valence-corrected chi connectivity index (χ3v) is 4.53. The lowest BCUT2D eigenvalue weighted by atomic mass is 10.0. The van der Waals surface area contributed by atoms with E-state index in [0.29, 0.717) is 11.1 Å². The predicted octanol–water partition coefficient (Wildman–Crippen LogP) is 3.79. The number of alkyl halides is 3. The Labute approximate surface area is 152 Å². The molecule has 0 spiro atoms. The molecule has 26 heavy (non-hydrogen) atoms. The molecule has 2 aromatic rings. The van der Waals surface area contributed by atoms with Gasteiger partial charge in [-0.05, 0) is 48.6 Å². The lowest BCUT2D eigenvalue weighted by molar-refractivity contribution is -0.139. The van der Waals surface area contributed by atoms with Gasteiger partial charge in [-0.15, -0.1) is 0 Å². The van der Waals surface area contributed by atoms with Gasteiger partial charge in [0.1, 0.15) is 12.1 Å². The van der Waals surface area contributed by atoms with Crippen molar-refractivity contribution in [3.63, 3.8) is 0 Å². The summed E-state index contributed by atoms with van der Waals surface area (Å²) in [5.74, 6) is -0.239. The van der Waals surface area contributed by atoms with E-state index in [1.54, 1.807) is 12.1 Å². The maximum absolute atomic E-state index is 12.8. The van der Waals surface area contributed by atoms with Gasteiger partial charge in [-0.25, -0.2) is 0 Å². The molecule has 0 radical (unpaired) electrons. The summed E-state index contributed by atoms with van der Waals surface area (Å²) in [6.07, 6.45) is -1.67. The summed E-state index contributed by atoms with van der Waals surface area (Å²) in [5.41, 5.74) is -1.64. The van der Waals surface area contributed by atoms with Crippen LogP contribution in [0.3, 0.4) is 0 Å². The fraction of sp³-hybridized carbons (Fsp3) is 0.333. The Balaban J connectivity index is 1.76. The van der Waals surface area contributed by atoms with Crippen LogP contribution in [0.4, 0.5) is 13.2 Å². The van der Waals surface area contributed by atoms with Gasteiger partial charge in [0, 0.05) is 11.2 Å². The molecule has 0 bridgehead atoms. The minimum atomic E-state index is -4.75. The van der Waals surface area contributed by atoms with Crippen molar-refractivity contribution in [3.05, 3.63) is 69.1 Å². The number of hydrogen-bond acceptors (Lipinski definition) is 2. The quantitative estimate of drug-likeness (QED) is 0.852. The number of benzene rings is 1. The van der Waals surface area contributed by atoms with Gasteiger partial charge in [0.15, 0.2) is 0 Å². The van der Waals surface area contributed by atoms with E-state index < -0.39 is 29.8 Å². The third-order valence-electron chi connectivity index (χ3n) is 4.28. The van der Waals surface area contributed by atoms with Gasteiger partial charge in [-0.1, -0.05) is 23.7 Å². The summed E-state index contributed by atoms with van der Waals surface area (Å²) in [4.78, 5) is 24.3. The smallest absolute Gasteiger partial charge is 0.347 e. The maximum Gasteiger partial charge on any atom is 0.421 e. The predicted molar refractivity (Wildman–Crippen MR) is 90.8 cm³/mol. The fourth-order valence-electron chi connectivity index (χ4n) is 2.82. The number of nitrogens with one attached hydrogen (secondary N) is 1. The number of hydrogen-bond donors (Lipinski definition) is 1. The second kappa shape index (κ2) is 7.15. The molecule has 1 amide bonds. The molecule has 3 rings (SSSR count). The Bertz CT molecular complexity index is 858. The zero-order valence-electron chi connectivity index (χ0n) is 13.6. The molecule has 1 atom stereocenters. The highest BCUT2D eigenvalue weighted by molar-refractivity contribution is 6.30. The highest BCUT2D eigenvalue weighted by Gasteiger charge is 2.35. The average Bonchev–Trinajstić information content (AvgIpc) is 3.39. The van der Waals surface area contributed by atoms with E-state index >= 15 is 0 Å². The maximum atomic E-state index is 12.8. The number of aromatic nitrogens is 1. The first kappa shape index (κ1) is 18.5. The SMILES string of the molecule is O=C(Cn1cccc(C(F)(F)F)c1=O)NC(c1ccc(Cl)cc1)C1CC1. The molecule has 1 aromatic carbocycles. The fourth-order valence-corrected chi connectivity index (χ4v) is 2.95. The summed E-state index contributed by atoms with van der Waals surface area (Å²) in [6.45, 7) is -0.473. The van der Waals surface area contributed by atoms with Crippen molar-refractivity contribution in [3.8, 4) is 0 Å². The van der Waals surface area contributed by atoms with E-state index in [9.17, 15) is 22.8 Å². The molecule has 1 heterocycles. The Morgan fingerprint density at radius 1 is 1.23 bits per heavy atom. The van der Waals surface area contributed by atoms with Crippen LogP contribution in [-0.4, -0.2) is 10.5 Å². The molecule has 1 saturated carbocycles. The number of amides is 1. The minimum Gasteiger partial charge on any atom is -0.347 e. The minimum absolute atomic E-state index is 0.249. The first-order chi connectivity index (χ1) is 12.3. The van der Waals surface area contributed by atoms with Gasteiger partial charge < -0.3 is 9.88 Å². The van der Waals surface area contributed by atoms with E-state index in [-0.39, 0.29) is 12.0 Å². The zero-order chi connectivity index (χ0) is 18.9. The summed E-state index contributed by atoms with van der Waals surface area (Å²) in [5, 5.41) is 3.40. The van der Waals surface area contributed by atoms with E-state index in [1.807, 2.05) is 12.1 Å². The summed E-state index contributed by atoms with van der Waals surface area (Å²) in [7, 11) is 0. The molecule has 1 aliphatic rings. The molecular weight excluding hydrogens is 369 g/mol. The Hall–Kier alpha value is -2.28. The standard InChI is InChI=1S/C18H16ClF3N2O2/c19-13-7-5-12(6-8-13)16(11-3-4-11)23-15(25)10-24-9-1-2-14(17(24)26)18(20,21)22/h1-2,5-9,11,16H,3-4,10H2,(H,23,25). The third kappa shape index (κ3) is 4.27. The van der Waals surface area contributed by atoms with Crippen molar-refractivity contribution >= 4 is 17.5 Å². The van der Waals surface area contributed by atoms with Gasteiger partial charge in [-0.2, -0.15) is 13.2 Å². The number of nitrogens with zero attached hydrogens (tertiary/aromatic N) is 1. The van der Waals surface area contributed by atoms with Crippen LogP contribution in [0.15, 0.2) is 47.4 Å². The summed E-state index contributed by atoms with van der Waals surface area (Å²) in [6, 6.07) is 8.61. The topological polar surface area (TPSA) is 51.1 Å². The second-order valence-corrected chi connectivity index (χ2v) is 6.72. The molecule has 1 fully saturated rings. The van der Waals surface area contributed by atoms with E-state index in [2.05, 4.69) is 5.32 Å². The van der Waals surface area contributed by atoms with Gasteiger partial charge in [-0.3, -0.25) is 9.59 Å². The van der Waals surface area contributed by atoms with Crippen LogP contribution in [0.1, 0.15) is 30.0 Å². The first-order valence-electron chi connectivity index (χ1n) is 8.07. The van der Waals surface area contributed by atoms with E-state index in [1.165, 1.54) is 6.20 Å². The molecule has 0 saturated heterocycles. The lowest BCUT2D eigenvalue weighted by Gasteiger charge is -2.19. The number of carbonyl (C=O) groups is 1. The highest BCUT2D eigenvalue weighted by atomic mass is 35.5. The van der Waals surface area contributed by atoms with Crippen molar-refractivity contribution < 1.29 is 18.0 Å². The lowest BCUT2D eigenvalue weighted by Crippen LogP contribution is -2.37. The number of halogens is 4. The molecular formula is C18H16ClF3N2O2. The normalized spacial score (nSPS) is 15.5. The van der Waals surface area contributed by atoms with Crippen molar-refractivity contribution in [2.24, 2.45) is 5.92 Å². The average molecular weight is 385 g/mol. The van der Waals surface area contributed by atoms with E-state index in [0.717, 1.165) is 29.0 Å². The van der Waals surface area contributed by atoms with Crippen LogP contribution in [-0.2, 0) is 17.5 Å². The second-order valence-electron chi connectivity index (χ2n) is 6.29. The molecule has 4 nitrogen and oxygen atoms in total. The van der Waals surface area contributed by atoms with Gasteiger partial charge in [0.05, 0.1) is 6.04 Å². The number of carbonyl (C=O) groups excluding carboxylic acids is 1. The largest absolute Gasteiger partial charge is 0.421 e. The van der Waals surface area contributed by atoms with Gasteiger partial charge in [0.25, 0.3) is 5.56 Å². The number of rotatable bonds is 5. The zero-order valence-corrected chi connectivity index (χ0v) is 14.3. The monoisotopic (exact) mass is 384 g/mol. The Morgan fingerprint density at radius 3 is 2.46 bits per heavy atom. The van der Waals surface area contributed by atoms with Crippen LogP contribution in [0.5, 0.6) is 0 Å². The first-order valence-corrected chi connectivity index (χ1v) is 8.45. The Kier molecular flexibility index (Phi) is 5.09. The van der Waals surface area contributed by atoms with Gasteiger partial charge >= 0.3 is 6.18 Å². The summed E-state index contributed by atoms with van der Waals surface area (Å²) < 4.78 is 39.2. The van der Waals surface area contributed by atoms with Crippen LogP contribution >= 0.6 is 11.6 Å². The highest BCUT2D eigenvalue weighted by Crippen LogP contribution is 2.41. The van der Waals surface area contributed by atoms with Crippen LogP contribution in [0, 0.1) is 5.92 Å². The molecule has 1 unspecified atom stereocenters.